The Hall–Kier alpha value is -0.940. The molecule has 0 radical (unpaired) electrons. The van der Waals surface area contributed by atoms with Gasteiger partial charge in [0.2, 0.25) is 0 Å². The van der Waals surface area contributed by atoms with Gasteiger partial charge >= 0.3 is 0 Å². The Labute approximate surface area is 124 Å². The van der Waals surface area contributed by atoms with Gasteiger partial charge in [0.05, 0.1) is 11.2 Å². The zero-order chi connectivity index (χ0) is 14.8. The molecular formula is C15H24N2O2S. The molecule has 0 atom stereocenters. The zero-order valence-corrected chi connectivity index (χ0v) is 13.4. The van der Waals surface area contributed by atoms with E-state index in [0.717, 1.165) is 42.2 Å². The molecule has 1 aromatic heterocycles. The molecule has 0 unspecified atom stereocenters. The molecule has 0 spiro atoms. The first-order valence-corrected chi connectivity index (χ1v) is 8.19. The number of carbonyl (C=O) groups is 1. The minimum Gasteiger partial charge on any atom is -0.396 e. The minimum absolute atomic E-state index is 0.0214. The SMILES string of the molecule is CCC1(CO)CCN(C(=O)c2cnc(C(C)C)s2)CC1. The number of nitrogens with zero attached hydrogens (tertiary/aromatic N) is 2. The maximum Gasteiger partial charge on any atom is 0.265 e. The Morgan fingerprint density at radius 3 is 2.60 bits per heavy atom. The van der Waals surface area contributed by atoms with Crippen LogP contribution >= 0.6 is 11.3 Å². The van der Waals surface area contributed by atoms with Crippen molar-refractivity contribution in [2.75, 3.05) is 19.7 Å². The second kappa shape index (κ2) is 6.22. The van der Waals surface area contributed by atoms with Crippen LogP contribution in [0.15, 0.2) is 6.20 Å². The number of hydrogen-bond acceptors (Lipinski definition) is 4. The Kier molecular flexibility index (Phi) is 4.81. The van der Waals surface area contributed by atoms with E-state index < -0.39 is 0 Å². The lowest BCUT2D eigenvalue weighted by Gasteiger charge is -2.40. The second-order valence-electron chi connectivity index (χ2n) is 6.02. The molecule has 1 N–H and O–H groups in total. The van der Waals surface area contributed by atoms with E-state index in [4.69, 9.17) is 0 Å². The fourth-order valence-electron chi connectivity index (χ4n) is 2.62. The van der Waals surface area contributed by atoms with Crippen LogP contribution in [0.4, 0.5) is 0 Å². The summed E-state index contributed by atoms with van der Waals surface area (Å²) in [5.41, 5.74) is 0.0214. The molecule has 2 heterocycles. The molecular weight excluding hydrogens is 272 g/mol. The van der Waals surface area contributed by atoms with Gasteiger partial charge in [0.1, 0.15) is 4.88 Å². The number of thiazole rings is 1. The molecule has 20 heavy (non-hydrogen) atoms. The van der Waals surface area contributed by atoms with Crippen molar-refractivity contribution in [3.63, 3.8) is 0 Å². The van der Waals surface area contributed by atoms with Crippen molar-refractivity contribution in [1.82, 2.24) is 9.88 Å². The monoisotopic (exact) mass is 296 g/mol. The van der Waals surface area contributed by atoms with E-state index in [1.807, 2.05) is 4.90 Å². The highest BCUT2D eigenvalue weighted by molar-refractivity contribution is 7.13. The topological polar surface area (TPSA) is 53.4 Å². The number of hydrogen-bond donors (Lipinski definition) is 1. The Balaban J connectivity index is 2.01. The average Bonchev–Trinajstić information content (AvgIpc) is 2.96. The molecule has 4 nitrogen and oxygen atoms in total. The van der Waals surface area contributed by atoms with E-state index in [1.165, 1.54) is 11.3 Å². The highest BCUT2D eigenvalue weighted by Crippen LogP contribution is 2.35. The molecule has 1 aliphatic rings. The molecule has 0 aromatic carbocycles. The molecule has 0 saturated carbocycles. The fraction of sp³-hybridized carbons (Fsp3) is 0.733. The van der Waals surface area contributed by atoms with E-state index >= 15 is 0 Å². The van der Waals surface area contributed by atoms with Gasteiger partial charge < -0.3 is 10.0 Å². The second-order valence-corrected chi connectivity index (χ2v) is 7.08. The van der Waals surface area contributed by atoms with Crippen LogP contribution in [0.1, 0.15) is 60.6 Å². The van der Waals surface area contributed by atoms with E-state index in [-0.39, 0.29) is 17.9 Å². The Morgan fingerprint density at radius 2 is 2.15 bits per heavy atom. The van der Waals surface area contributed by atoms with E-state index in [9.17, 15) is 9.90 Å². The summed E-state index contributed by atoms with van der Waals surface area (Å²) in [6, 6.07) is 0. The van der Waals surface area contributed by atoms with Crippen LogP contribution in [0.3, 0.4) is 0 Å². The molecule has 2 rings (SSSR count). The number of carbonyl (C=O) groups excluding carboxylic acids is 1. The van der Waals surface area contributed by atoms with Crippen LogP contribution in [0.5, 0.6) is 0 Å². The molecule has 112 valence electrons. The third-order valence-electron chi connectivity index (χ3n) is 4.42. The van der Waals surface area contributed by atoms with Crippen LogP contribution < -0.4 is 0 Å². The lowest BCUT2D eigenvalue weighted by molar-refractivity contribution is 0.0341. The lowest BCUT2D eigenvalue weighted by Crippen LogP contribution is -2.44. The number of likely N-dealkylation sites (tertiary alicyclic amines) is 1. The van der Waals surface area contributed by atoms with Gasteiger partial charge in [-0.05, 0) is 24.7 Å². The Bertz CT molecular complexity index is 456. The van der Waals surface area contributed by atoms with Gasteiger partial charge in [-0.1, -0.05) is 20.8 Å². The summed E-state index contributed by atoms with van der Waals surface area (Å²) in [7, 11) is 0. The van der Waals surface area contributed by atoms with Gasteiger partial charge in [-0.2, -0.15) is 0 Å². The number of aliphatic hydroxyl groups excluding tert-OH is 1. The molecule has 1 amide bonds. The smallest absolute Gasteiger partial charge is 0.265 e. The van der Waals surface area contributed by atoms with Crippen LogP contribution in [0.2, 0.25) is 0 Å². The van der Waals surface area contributed by atoms with Crippen molar-refractivity contribution in [3.05, 3.63) is 16.1 Å². The third kappa shape index (κ3) is 3.04. The van der Waals surface area contributed by atoms with E-state index in [0.29, 0.717) is 5.92 Å². The summed E-state index contributed by atoms with van der Waals surface area (Å²) in [5, 5.41) is 10.6. The van der Waals surface area contributed by atoms with Crippen LogP contribution in [0, 0.1) is 5.41 Å². The standard InChI is InChI=1S/C15H24N2O2S/c1-4-15(10-18)5-7-17(8-6-15)14(19)12-9-16-13(20-12)11(2)3/h9,11,18H,4-8,10H2,1-3H3. The van der Waals surface area contributed by atoms with Gasteiger partial charge in [-0.15, -0.1) is 11.3 Å². The highest BCUT2D eigenvalue weighted by atomic mass is 32.1. The number of aromatic nitrogens is 1. The van der Waals surface area contributed by atoms with E-state index in [2.05, 4.69) is 25.8 Å². The molecule has 1 fully saturated rings. The zero-order valence-electron chi connectivity index (χ0n) is 12.6. The average molecular weight is 296 g/mol. The van der Waals surface area contributed by atoms with Crippen molar-refractivity contribution in [2.24, 2.45) is 5.41 Å². The minimum atomic E-state index is 0.0214. The van der Waals surface area contributed by atoms with Crippen LogP contribution in [-0.4, -0.2) is 40.6 Å². The number of rotatable bonds is 4. The number of piperidine rings is 1. The predicted octanol–water partition coefficient (Wildman–Crippen LogP) is 2.89. The highest BCUT2D eigenvalue weighted by Gasteiger charge is 2.34. The number of amides is 1. The van der Waals surface area contributed by atoms with Crippen molar-refractivity contribution in [1.29, 1.82) is 0 Å². The first-order chi connectivity index (χ1) is 9.51. The van der Waals surface area contributed by atoms with Gasteiger partial charge in [0.15, 0.2) is 0 Å². The summed E-state index contributed by atoms with van der Waals surface area (Å²) in [6.45, 7) is 8.00. The number of aliphatic hydroxyl groups is 1. The lowest BCUT2D eigenvalue weighted by atomic mass is 9.77. The van der Waals surface area contributed by atoms with Crippen molar-refractivity contribution >= 4 is 17.2 Å². The van der Waals surface area contributed by atoms with Crippen LogP contribution in [0.25, 0.3) is 0 Å². The summed E-state index contributed by atoms with van der Waals surface area (Å²) in [5.74, 6) is 0.460. The molecule has 1 aliphatic heterocycles. The molecule has 0 bridgehead atoms. The van der Waals surface area contributed by atoms with Crippen molar-refractivity contribution in [3.8, 4) is 0 Å². The van der Waals surface area contributed by atoms with Gasteiger partial charge in [-0.25, -0.2) is 4.98 Å². The van der Waals surface area contributed by atoms with Gasteiger partial charge in [0, 0.05) is 25.6 Å². The quantitative estimate of drug-likeness (QED) is 0.929. The summed E-state index contributed by atoms with van der Waals surface area (Å²) in [4.78, 5) is 19.4. The predicted molar refractivity (Wildman–Crippen MR) is 81.2 cm³/mol. The molecule has 0 aliphatic carbocycles. The largest absolute Gasteiger partial charge is 0.396 e. The molecule has 1 aromatic rings. The fourth-order valence-corrected chi connectivity index (χ4v) is 3.51. The maximum atomic E-state index is 12.5. The molecule has 1 saturated heterocycles. The van der Waals surface area contributed by atoms with Crippen molar-refractivity contribution in [2.45, 2.75) is 46.0 Å². The maximum absolute atomic E-state index is 12.5. The van der Waals surface area contributed by atoms with Crippen molar-refractivity contribution < 1.29 is 9.90 Å². The van der Waals surface area contributed by atoms with Gasteiger partial charge in [0.25, 0.3) is 5.91 Å². The Morgan fingerprint density at radius 1 is 1.50 bits per heavy atom. The summed E-state index contributed by atoms with van der Waals surface area (Å²) < 4.78 is 0. The first-order valence-electron chi connectivity index (χ1n) is 7.37. The third-order valence-corrected chi connectivity index (χ3v) is 5.71. The van der Waals surface area contributed by atoms with Gasteiger partial charge in [-0.3, -0.25) is 4.79 Å². The van der Waals surface area contributed by atoms with E-state index in [1.54, 1.807) is 6.20 Å². The normalized spacial score (nSPS) is 18.6. The molecule has 5 heteroatoms. The summed E-state index contributed by atoms with van der Waals surface area (Å²) in [6.07, 6.45) is 4.46. The van der Waals surface area contributed by atoms with Crippen LogP contribution in [-0.2, 0) is 0 Å². The summed E-state index contributed by atoms with van der Waals surface area (Å²) >= 11 is 1.50. The first kappa shape index (κ1) is 15.4.